The van der Waals surface area contributed by atoms with Crippen molar-refractivity contribution in [2.75, 3.05) is 26.3 Å². The van der Waals surface area contributed by atoms with Gasteiger partial charge < -0.3 is 15.0 Å². The van der Waals surface area contributed by atoms with Crippen LogP contribution < -0.4 is 11.0 Å². The quantitative estimate of drug-likeness (QED) is 0.809. The number of aromatic nitrogens is 2. The van der Waals surface area contributed by atoms with Crippen molar-refractivity contribution < 1.29 is 9.53 Å². The SMILES string of the molecule is Cc1nc(=O)[nH]c(C)c1CCC(=O)N[C@H]1COC[C@@H]1N1CCCC1. The number of nitrogens with one attached hydrogen (secondary N) is 2. The maximum atomic E-state index is 12.3. The Morgan fingerprint density at radius 2 is 2.08 bits per heavy atom. The summed E-state index contributed by atoms with van der Waals surface area (Å²) in [5.41, 5.74) is 2.10. The first-order chi connectivity index (χ1) is 11.5. The number of amides is 1. The van der Waals surface area contributed by atoms with Crippen molar-refractivity contribution in [2.45, 2.75) is 51.6 Å². The van der Waals surface area contributed by atoms with E-state index in [2.05, 4.69) is 20.2 Å². The third-order valence-electron chi connectivity index (χ3n) is 5.06. The standard InChI is InChI=1S/C17H26N4O3/c1-11-13(12(2)19-17(23)18-11)5-6-16(22)20-14-9-24-10-15(14)21-7-3-4-8-21/h14-15H,3-10H2,1-2H3,(H,20,22)(H,18,19,23)/t14-,15-/m0/s1. The molecule has 1 amide bonds. The molecule has 0 bridgehead atoms. The lowest BCUT2D eigenvalue weighted by atomic mass is 10.1. The molecule has 0 radical (unpaired) electrons. The molecule has 3 heterocycles. The van der Waals surface area contributed by atoms with Gasteiger partial charge in [0.1, 0.15) is 0 Å². The topological polar surface area (TPSA) is 87.3 Å². The second-order valence-corrected chi connectivity index (χ2v) is 6.75. The molecule has 3 rings (SSSR count). The van der Waals surface area contributed by atoms with E-state index in [9.17, 15) is 9.59 Å². The molecule has 0 aliphatic carbocycles. The van der Waals surface area contributed by atoms with E-state index in [0.29, 0.717) is 37.8 Å². The summed E-state index contributed by atoms with van der Waals surface area (Å²) in [5.74, 6) is 0.0275. The average Bonchev–Trinajstić information content (AvgIpc) is 3.16. The third kappa shape index (κ3) is 3.84. The summed E-state index contributed by atoms with van der Waals surface area (Å²) < 4.78 is 5.59. The fourth-order valence-corrected chi connectivity index (χ4v) is 3.75. The van der Waals surface area contributed by atoms with Gasteiger partial charge in [0.05, 0.1) is 25.3 Å². The van der Waals surface area contributed by atoms with Gasteiger partial charge >= 0.3 is 5.69 Å². The lowest BCUT2D eigenvalue weighted by Crippen LogP contribution is -2.50. The molecule has 2 atom stereocenters. The first-order valence-electron chi connectivity index (χ1n) is 8.72. The van der Waals surface area contributed by atoms with E-state index in [1.165, 1.54) is 12.8 Å². The third-order valence-corrected chi connectivity index (χ3v) is 5.06. The average molecular weight is 334 g/mol. The second kappa shape index (κ2) is 7.44. The molecule has 0 unspecified atom stereocenters. The summed E-state index contributed by atoms with van der Waals surface area (Å²) in [6.07, 6.45) is 3.43. The van der Waals surface area contributed by atoms with Crippen molar-refractivity contribution in [3.05, 3.63) is 27.4 Å². The molecule has 2 saturated heterocycles. The van der Waals surface area contributed by atoms with E-state index in [-0.39, 0.29) is 17.6 Å². The fraction of sp³-hybridized carbons (Fsp3) is 0.706. The van der Waals surface area contributed by atoms with Crippen LogP contribution in [-0.2, 0) is 16.0 Å². The fourth-order valence-electron chi connectivity index (χ4n) is 3.75. The van der Waals surface area contributed by atoms with Gasteiger partial charge in [-0.2, -0.15) is 4.98 Å². The number of ether oxygens (including phenoxy) is 1. The molecule has 2 N–H and O–H groups in total. The highest BCUT2D eigenvalue weighted by Crippen LogP contribution is 2.19. The van der Waals surface area contributed by atoms with Gasteiger partial charge in [-0.15, -0.1) is 0 Å². The summed E-state index contributed by atoms with van der Waals surface area (Å²) in [5, 5.41) is 3.13. The van der Waals surface area contributed by atoms with Gasteiger partial charge in [-0.05, 0) is 51.8 Å². The predicted octanol–water partition coefficient (Wildman–Crippen LogP) is 0.299. The molecule has 132 valence electrons. The number of likely N-dealkylation sites (tertiary alicyclic amines) is 1. The zero-order valence-corrected chi connectivity index (χ0v) is 14.4. The molecule has 0 aromatic carbocycles. The van der Waals surface area contributed by atoms with E-state index in [1.807, 2.05) is 13.8 Å². The van der Waals surface area contributed by atoms with Crippen molar-refractivity contribution in [1.29, 1.82) is 0 Å². The molecule has 7 heteroatoms. The Hall–Kier alpha value is -1.73. The van der Waals surface area contributed by atoms with Gasteiger partial charge in [-0.25, -0.2) is 4.79 Å². The van der Waals surface area contributed by atoms with Gasteiger partial charge in [0.15, 0.2) is 0 Å². The van der Waals surface area contributed by atoms with Gasteiger partial charge in [-0.3, -0.25) is 9.69 Å². The molecule has 7 nitrogen and oxygen atoms in total. The molecular formula is C17H26N4O3. The number of rotatable bonds is 5. The molecular weight excluding hydrogens is 308 g/mol. The van der Waals surface area contributed by atoms with Crippen molar-refractivity contribution in [3.8, 4) is 0 Å². The number of aryl methyl sites for hydroxylation is 2. The van der Waals surface area contributed by atoms with Gasteiger partial charge in [-0.1, -0.05) is 0 Å². The van der Waals surface area contributed by atoms with Crippen LogP contribution in [0.2, 0.25) is 0 Å². The number of hydrogen-bond acceptors (Lipinski definition) is 5. The number of aromatic amines is 1. The van der Waals surface area contributed by atoms with Crippen LogP contribution in [0.1, 0.15) is 36.2 Å². The minimum absolute atomic E-state index is 0.0275. The largest absolute Gasteiger partial charge is 0.378 e. The normalized spacial score (nSPS) is 24.4. The Morgan fingerprint density at radius 3 is 2.79 bits per heavy atom. The van der Waals surface area contributed by atoms with Crippen molar-refractivity contribution >= 4 is 5.91 Å². The Labute approximate surface area is 141 Å². The zero-order chi connectivity index (χ0) is 17.1. The van der Waals surface area contributed by atoms with Crippen LogP contribution in [0.15, 0.2) is 4.79 Å². The highest BCUT2D eigenvalue weighted by molar-refractivity contribution is 5.76. The lowest BCUT2D eigenvalue weighted by molar-refractivity contribution is -0.122. The van der Waals surface area contributed by atoms with E-state index < -0.39 is 0 Å². The minimum atomic E-state index is -0.338. The van der Waals surface area contributed by atoms with E-state index in [4.69, 9.17) is 4.74 Å². The minimum Gasteiger partial charge on any atom is -0.378 e. The Bertz CT molecular complexity index is 625. The van der Waals surface area contributed by atoms with Crippen LogP contribution in [0.4, 0.5) is 0 Å². The highest BCUT2D eigenvalue weighted by atomic mass is 16.5. The first-order valence-corrected chi connectivity index (χ1v) is 8.72. The summed E-state index contributed by atoms with van der Waals surface area (Å²) in [6, 6.07) is 0.376. The summed E-state index contributed by atoms with van der Waals surface area (Å²) in [4.78, 5) is 32.7. The van der Waals surface area contributed by atoms with Gasteiger partial charge in [0.2, 0.25) is 5.91 Å². The van der Waals surface area contributed by atoms with Crippen LogP contribution in [0, 0.1) is 13.8 Å². The highest BCUT2D eigenvalue weighted by Gasteiger charge is 2.35. The maximum absolute atomic E-state index is 12.3. The molecule has 1 aromatic rings. The number of H-pyrrole nitrogens is 1. The van der Waals surface area contributed by atoms with Crippen molar-refractivity contribution in [3.63, 3.8) is 0 Å². The van der Waals surface area contributed by atoms with Crippen LogP contribution in [0.3, 0.4) is 0 Å². The number of carbonyl (C=O) groups is 1. The molecule has 2 aliphatic rings. The molecule has 1 aromatic heterocycles. The lowest BCUT2D eigenvalue weighted by Gasteiger charge is -2.28. The summed E-state index contributed by atoms with van der Waals surface area (Å²) in [7, 11) is 0. The van der Waals surface area contributed by atoms with Crippen LogP contribution in [-0.4, -0.2) is 59.2 Å². The van der Waals surface area contributed by atoms with Crippen LogP contribution in [0.5, 0.6) is 0 Å². The summed E-state index contributed by atoms with van der Waals surface area (Å²) >= 11 is 0. The van der Waals surface area contributed by atoms with E-state index in [1.54, 1.807) is 0 Å². The maximum Gasteiger partial charge on any atom is 0.345 e. The molecule has 2 fully saturated rings. The molecule has 24 heavy (non-hydrogen) atoms. The second-order valence-electron chi connectivity index (χ2n) is 6.75. The first kappa shape index (κ1) is 17.1. The smallest absolute Gasteiger partial charge is 0.345 e. The monoisotopic (exact) mass is 334 g/mol. The molecule has 0 saturated carbocycles. The molecule has 0 spiro atoms. The van der Waals surface area contributed by atoms with Gasteiger partial charge in [0, 0.05) is 17.8 Å². The van der Waals surface area contributed by atoms with Crippen LogP contribution >= 0.6 is 0 Å². The van der Waals surface area contributed by atoms with E-state index >= 15 is 0 Å². The Morgan fingerprint density at radius 1 is 1.33 bits per heavy atom. The number of nitrogens with zero attached hydrogens (tertiary/aromatic N) is 2. The Kier molecular flexibility index (Phi) is 5.30. The van der Waals surface area contributed by atoms with E-state index in [0.717, 1.165) is 24.3 Å². The number of hydrogen-bond donors (Lipinski definition) is 2. The Balaban J connectivity index is 1.55. The summed E-state index contributed by atoms with van der Waals surface area (Å²) in [6.45, 7) is 7.14. The number of carbonyl (C=O) groups excluding carboxylic acids is 1. The zero-order valence-electron chi connectivity index (χ0n) is 14.4. The van der Waals surface area contributed by atoms with Crippen molar-refractivity contribution in [2.24, 2.45) is 0 Å². The van der Waals surface area contributed by atoms with Crippen LogP contribution in [0.25, 0.3) is 0 Å². The van der Waals surface area contributed by atoms with Gasteiger partial charge in [0.25, 0.3) is 0 Å². The molecule has 2 aliphatic heterocycles. The van der Waals surface area contributed by atoms with Crippen molar-refractivity contribution in [1.82, 2.24) is 20.2 Å². The predicted molar refractivity (Wildman–Crippen MR) is 90.0 cm³/mol.